The van der Waals surface area contributed by atoms with Crippen molar-refractivity contribution in [3.8, 4) is 0 Å². The Morgan fingerprint density at radius 1 is 1.32 bits per heavy atom. The summed E-state index contributed by atoms with van der Waals surface area (Å²) in [4.78, 5) is 25.8. The third kappa shape index (κ3) is 3.84. The number of hydrogen-bond donors (Lipinski definition) is 3. The Morgan fingerprint density at radius 2 is 2.05 bits per heavy atom. The van der Waals surface area contributed by atoms with Crippen LogP contribution >= 0.6 is 0 Å². The molecule has 1 saturated carbocycles. The summed E-state index contributed by atoms with van der Waals surface area (Å²) in [5.41, 5.74) is 0.695. The maximum absolute atomic E-state index is 12.0. The van der Waals surface area contributed by atoms with E-state index in [4.69, 9.17) is 5.11 Å². The molecule has 0 saturated heterocycles. The maximum Gasteiger partial charge on any atom is 0.303 e. The third-order valence-electron chi connectivity index (χ3n) is 3.88. The predicted molar refractivity (Wildman–Crippen MR) is 70.4 cm³/mol. The van der Waals surface area contributed by atoms with Gasteiger partial charge in [0.05, 0.1) is 6.42 Å². The lowest BCUT2D eigenvalue weighted by Gasteiger charge is -2.26. The summed E-state index contributed by atoms with van der Waals surface area (Å²) in [5, 5.41) is 11.9. The van der Waals surface area contributed by atoms with Crippen LogP contribution in [0.4, 0.5) is 0 Å². The zero-order valence-corrected chi connectivity index (χ0v) is 10.9. The molecule has 1 aliphatic carbocycles. The topological polar surface area (TPSA) is 82.2 Å². The highest BCUT2D eigenvalue weighted by Gasteiger charge is 2.37. The average molecular weight is 264 g/mol. The molecule has 5 heteroatoms. The maximum atomic E-state index is 12.0. The van der Waals surface area contributed by atoms with Crippen LogP contribution in [0.15, 0.2) is 18.5 Å². The molecule has 5 nitrogen and oxygen atoms in total. The monoisotopic (exact) mass is 264 g/mol. The molecule has 3 N–H and O–H groups in total. The van der Waals surface area contributed by atoms with Gasteiger partial charge < -0.3 is 15.4 Å². The molecule has 1 aliphatic rings. The van der Waals surface area contributed by atoms with Crippen molar-refractivity contribution in [2.24, 2.45) is 5.41 Å². The molecule has 0 spiro atoms. The Morgan fingerprint density at radius 3 is 2.63 bits per heavy atom. The number of carbonyl (C=O) groups excluding carboxylic acids is 1. The van der Waals surface area contributed by atoms with Crippen LogP contribution in [0.1, 0.15) is 44.1 Å². The van der Waals surface area contributed by atoms with Gasteiger partial charge in [-0.3, -0.25) is 9.59 Å². The lowest BCUT2D eigenvalue weighted by atomic mass is 9.79. The van der Waals surface area contributed by atoms with Crippen molar-refractivity contribution in [2.45, 2.75) is 45.1 Å². The number of aromatic nitrogens is 1. The molecule has 19 heavy (non-hydrogen) atoms. The van der Waals surface area contributed by atoms with Crippen molar-refractivity contribution >= 4 is 11.9 Å². The van der Waals surface area contributed by atoms with E-state index in [2.05, 4.69) is 10.3 Å². The molecule has 104 valence electrons. The molecule has 0 aliphatic heterocycles. The van der Waals surface area contributed by atoms with E-state index in [0.29, 0.717) is 13.0 Å². The number of carbonyl (C=O) groups is 2. The van der Waals surface area contributed by atoms with E-state index in [9.17, 15) is 9.59 Å². The van der Waals surface area contributed by atoms with Crippen molar-refractivity contribution in [2.75, 3.05) is 0 Å². The van der Waals surface area contributed by atoms with Gasteiger partial charge in [0, 0.05) is 25.4 Å². The van der Waals surface area contributed by atoms with Crippen LogP contribution < -0.4 is 5.32 Å². The number of hydrogen-bond acceptors (Lipinski definition) is 2. The largest absolute Gasteiger partial charge is 0.481 e. The summed E-state index contributed by atoms with van der Waals surface area (Å²) in [6, 6.07) is 1.91. The number of rotatable bonds is 6. The van der Waals surface area contributed by atoms with Crippen LogP contribution in [0.25, 0.3) is 0 Å². The summed E-state index contributed by atoms with van der Waals surface area (Å²) < 4.78 is 0. The lowest BCUT2D eigenvalue weighted by molar-refractivity contribution is -0.140. The molecule has 1 aromatic rings. The van der Waals surface area contributed by atoms with Crippen LogP contribution in [0.3, 0.4) is 0 Å². The Balaban J connectivity index is 1.86. The van der Waals surface area contributed by atoms with Crippen LogP contribution in [0.2, 0.25) is 0 Å². The first-order chi connectivity index (χ1) is 9.10. The first-order valence-electron chi connectivity index (χ1n) is 6.70. The second-order valence-electron chi connectivity index (χ2n) is 5.45. The first kappa shape index (κ1) is 13.6. The standard InChI is InChI=1S/C14H20N2O3/c17-12(16-10-11-3-6-15-9-11)7-14(8-13(18)19)4-1-2-5-14/h3,6,9,15H,1-2,4-5,7-8,10H2,(H,16,17)(H,18,19). The van der Waals surface area contributed by atoms with Gasteiger partial charge in [-0.25, -0.2) is 0 Å². The van der Waals surface area contributed by atoms with Gasteiger partial charge in [-0.2, -0.15) is 0 Å². The fraction of sp³-hybridized carbons (Fsp3) is 0.571. The highest BCUT2D eigenvalue weighted by atomic mass is 16.4. The van der Waals surface area contributed by atoms with Gasteiger partial charge in [0.15, 0.2) is 0 Å². The van der Waals surface area contributed by atoms with Crippen LogP contribution in [-0.4, -0.2) is 22.0 Å². The van der Waals surface area contributed by atoms with Gasteiger partial charge >= 0.3 is 5.97 Å². The van der Waals surface area contributed by atoms with E-state index in [0.717, 1.165) is 31.2 Å². The van der Waals surface area contributed by atoms with Gasteiger partial charge in [0.25, 0.3) is 0 Å². The Hall–Kier alpha value is -1.78. The number of amides is 1. The summed E-state index contributed by atoms with van der Waals surface area (Å²) in [5.74, 6) is -0.857. The van der Waals surface area contributed by atoms with Crippen LogP contribution in [0, 0.1) is 5.41 Å². The van der Waals surface area contributed by atoms with Gasteiger partial charge in [0.1, 0.15) is 0 Å². The number of carboxylic acids is 1. The van der Waals surface area contributed by atoms with Gasteiger partial charge in [-0.15, -0.1) is 0 Å². The fourth-order valence-electron chi connectivity index (χ4n) is 2.93. The molecule has 0 aromatic carbocycles. The van der Waals surface area contributed by atoms with Crippen molar-refractivity contribution in [1.82, 2.24) is 10.3 Å². The van der Waals surface area contributed by atoms with E-state index >= 15 is 0 Å². The number of carboxylic acid groups (broad SMARTS) is 1. The number of nitrogens with one attached hydrogen (secondary N) is 2. The Kier molecular flexibility index (Phi) is 4.24. The van der Waals surface area contributed by atoms with E-state index in [-0.39, 0.29) is 17.7 Å². The minimum atomic E-state index is -0.805. The summed E-state index contributed by atoms with van der Waals surface area (Å²) in [7, 11) is 0. The predicted octanol–water partition coefficient (Wildman–Crippen LogP) is 2.06. The van der Waals surface area contributed by atoms with Crippen molar-refractivity contribution in [1.29, 1.82) is 0 Å². The summed E-state index contributed by atoms with van der Waals surface area (Å²) >= 11 is 0. The van der Waals surface area contributed by atoms with Crippen molar-refractivity contribution in [3.63, 3.8) is 0 Å². The Bertz CT molecular complexity index is 434. The molecule has 1 heterocycles. The number of aliphatic carboxylic acids is 1. The SMILES string of the molecule is O=C(O)CC1(CC(=O)NCc2cc[nH]c2)CCCC1. The van der Waals surface area contributed by atoms with E-state index in [1.807, 2.05) is 18.5 Å². The zero-order valence-electron chi connectivity index (χ0n) is 10.9. The smallest absolute Gasteiger partial charge is 0.303 e. The molecule has 1 fully saturated rings. The molecule has 1 amide bonds. The lowest BCUT2D eigenvalue weighted by Crippen LogP contribution is -2.31. The average Bonchev–Trinajstić information content (AvgIpc) is 2.97. The van der Waals surface area contributed by atoms with Crippen molar-refractivity contribution in [3.05, 3.63) is 24.0 Å². The van der Waals surface area contributed by atoms with Gasteiger partial charge in [-0.1, -0.05) is 12.8 Å². The Labute approximate surface area is 112 Å². The fourth-order valence-corrected chi connectivity index (χ4v) is 2.93. The number of H-pyrrole nitrogens is 1. The molecule has 0 unspecified atom stereocenters. The van der Waals surface area contributed by atoms with Crippen LogP contribution in [-0.2, 0) is 16.1 Å². The minimum absolute atomic E-state index is 0.0515. The van der Waals surface area contributed by atoms with Crippen LogP contribution in [0.5, 0.6) is 0 Å². The van der Waals surface area contributed by atoms with E-state index in [1.165, 1.54) is 0 Å². The quantitative estimate of drug-likeness (QED) is 0.735. The summed E-state index contributed by atoms with van der Waals surface area (Å²) in [6.45, 7) is 0.492. The second kappa shape index (κ2) is 5.91. The van der Waals surface area contributed by atoms with E-state index in [1.54, 1.807) is 0 Å². The highest BCUT2D eigenvalue weighted by Crippen LogP contribution is 2.43. The normalized spacial score (nSPS) is 17.3. The van der Waals surface area contributed by atoms with Gasteiger partial charge in [-0.05, 0) is 29.9 Å². The van der Waals surface area contributed by atoms with Gasteiger partial charge in [0.2, 0.25) is 5.91 Å². The van der Waals surface area contributed by atoms with E-state index < -0.39 is 5.97 Å². The molecule has 0 bridgehead atoms. The molecular weight excluding hydrogens is 244 g/mol. The molecule has 0 atom stereocenters. The highest BCUT2D eigenvalue weighted by molar-refractivity contribution is 5.78. The molecular formula is C14H20N2O3. The molecule has 1 aromatic heterocycles. The van der Waals surface area contributed by atoms with Crippen molar-refractivity contribution < 1.29 is 14.7 Å². The molecule has 2 rings (SSSR count). The number of aromatic amines is 1. The third-order valence-corrected chi connectivity index (χ3v) is 3.88. The molecule has 0 radical (unpaired) electrons. The zero-order chi connectivity index (χ0) is 13.7. The minimum Gasteiger partial charge on any atom is -0.481 e. The summed E-state index contributed by atoms with van der Waals surface area (Å²) in [6.07, 6.45) is 7.81. The second-order valence-corrected chi connectivity index (χ2v) is 5.45. The first-order valence-corrected chi connectivity index (χ1v) is 6.70.